The average molecular weight is 263 g/mol. The van der Waals surface area contributed by atoms with E-state index in [1.807, 2.05) is 31.2 Å². The Balaban J connectivity index is 2.76. The van der Waals surface area contributed by atoms with Gasteiger partial charge in [-0.1, -0.05) is 44.9 Å². The minimum atomic E-state index is -0.226. The highest BCUT2D eigenvalue weighted by atomic mass is 16.6. The number of carbonyl (C=O) groups excluding carboxylic acids is 1. The van der Waals surface area contributed by atoms with Crippen LogP contribution in [0.15, 0.2) is 24.3 Å². The third-order valence-corrected chi connectivity index (χ3v) is 3.09. The normalized spacial score (nSPS) is 10.3. The topological polar surface area (TPSA) is 29.5 Å². The maximum Gasteiger partial charge on any atom is 0.414 e. The van der Waals surface area contributed by atoms with Crippen LogP contribution in [0.4, 0.5) is 10.5 Å². The van der Waals surface area contributed by atoms with Gasteiger partial charge in [-0.05, 0) is 31.4 Å². The number of hydrogen-bond acceptors (Lipinski definition) is 2. The summed E-state index contributed by atoms with van der Waals surface area (Å²) in [6, 6.07) is 7.94. The lowest BCUT2D eigenvalue weighted by Gasteiger charge is -2.23. The average Bonchev–Trinajstić information content (AvgIpc) is 2.41. The summed E-state index contributed by atoms with van der Waals surface area (Å²) in [6.45, 7) is 7.45. The Hall–Kier alpha value is -1.51. The molecule has 0 saturated carbocycles. The highest BCUT2D eigenvalue weighted by Gasteiger charge is 2.17. The van der Waals surface area contributed by atoms with Gasteiger partial charge in [0.05, 0.1) is 6.61 Å². The van der Waals surface area contributed by atoms with Crippen LogP contribution >= 0.6 is 0 Å². The van der Waals surface area contributed by atoms with Gasteiger partial charge in [0.15, 0.2) is 0 Å². The van der Waals surface area contributed by atoms with Crippen LogP contribution in [0.5, 0.6) is 0 Å². The van der Waals surface area contributed by atoms with E-state index in [1.54, 1.807) is 4.90 Å². The number of ether oxygens (including phenoxy) is 1. The molecule has 0 bridgehead atoms. The fraction of sp³-hybridized carbons (Fsp3) is 0.562. The highest BCUT2D eigenvalue weighted by molar-refractivity contribution is 5.88. The molecule has 3 heteroatoms. The smallest absolute Gasteiger partial charge is 0.414 e. The Bertz CT molecular complexity index is 390. The number of anilines is 1. The first-order chi connectivity index (χ1) is 9.20. The van der Waals surface area contributed by atoms with Crippen molar-refractivity contribution in [3.8, 4) is 0 Å². The van der Waals surface area contributed by atoms with Gasteiger partial charge >= 0.3 is 6.09 Å². The van der Waals surface area contributed by atoms with Crippen LogP contribution in [0, 0.1) is 6.92 Å². The Morgan fingerprint density at radius 2 is 1.84 bits per heavy atom. The van der Waals surface area contributed by atoms with Gasteiger partial charge in [0.1, 0.15) is 0 Å². The molecule has 0 heterocycles. The van der Waals surface area contributed by atoms with Crippen molar-refractivity contribution in [3.63, 3.8) is 0 Å². The molecule has 0 aliphatic carbocycles. The number of rotatable bonds is 7. The molecule has 0 spiro atoms. The molecule has 1 aromatic rings. The fourth-order valence-corrected chi connectivity index (χ4v) is 1.87. The Labute approximate surface area is 116 Å². The Morgan fingerprint density at radius 3 is 2.47 bits per heavy atom. The molecule has 106 valence electrons. The van der Waals surface area contributed by atoms with Crippen LogP contribution in [0.2, 0.25) is 0 Å². The summed E-state index contributed by atoms with van der Waals surface area (Å²) in [6.07, 6.45) is 3.77. The summed E-state index contributed by atoms with van der Waals surface area (Å²) in [5.41, 5.74) is 2.06. The fourth-order valence-electron chi connectivity index (χ4n) is 1.87. The monoisotopic (exact) mass is 263 g/mol. The van der Waals surface area contributed by atoms with Crippen molar-refractivity contribution < 1.29 is 9.53 Å². The van der Waals surface area contributed by atoms with Crippen LogP contribution in [-0.4, -0.2) is 19.2 Å². The molecule has 0 N–H and O–H groups in total. The number of unbranched alkanes of at least 4 members (excludes halogenated alkanes) is 2. The number of benzene rings is 1. The van der Waals surface area contributed by atoms with Crippen molar-refractivity contribution in [3.05, 3.63) is 29.8 Å². The molecule has 0 aliphatic rings. The number of para-hydroxylation sites is 1. The van der Waals surface area contributed by atoms with E-state index in [0.717, 1.165) is 36.9 Å². The summed E-state index contributed by atoms with van der Waals surface area (Å²) in [4.78, 5) is 13.9. The van der Waals surface area contributed by atoms with E-state index in [4.69, 9.17) is 4.74 Å². The number of nitrogens with zero attached hydrogens (tertiary/aromatic N) is 1. The lowest BCUT2D eigenvalue weighted by atomic mass is 10.2. The predicted octanol–water partition coefficient (Wildman–Crippen LogP) is 4.54. The lowest BCUT2D eigenvalue weighted by Crippen LogP contribution is -2.33. The number of aryl methyl sites for hydroxylation is 1. The predicted molar refractivity (Wildman–Crippen MR) is 79.7 cm³/mol. The van der Waals surface area contributed by atoms with Crippen LogP contribution in [0.3, 0.4) is 0 Å². The van der Waals surface area contributed by atoms with Gasteiger partial charge in [-0.3, -0.25) is 4.90 Å². The molecule has 19 heavy (non-hydrogen) atoms. The zero-order valence-electron chi connectivity index (χ0n) is 12.3. The minimum Gasteiger partial charge on any atom is -0.449 e. The second-order valence-corrected chi connectivity index (χ2v) is 4.76. The maximum absolute atomic E-state index is 12.2. The lowest BCUT2D eigenvalue weighted by molar-refractivity contribution is 0.152. The quantitative estimate of drug-likeness (QED) is 0.676. The molecule has 0 saturated heterocycles. The molecule has 0 radical (unpaired) electrons. The first kappa shape index (κ1) is 15.5. The summed E-state index contributed by atoms with van der Waals surface area (Å²) in [5, 5.41) is 0. The zero-order chi connectivity index (χ0) is 14.1. The minimum absolute atomic E-state index is 0.226. The van der Waals surface area contributed by atoms with Crippen molar-refractivity contribution in [1.82, 2.24) is 0 Å². The molecule has 0 aliphatic heterocycles. The van der Waals surface area contributed by atoms with Gasteiger partial charge in [0.2, 0.25) is 0 Å². The van der Waals surface area contributed by atoms with Gasteiger partial charge in [0.25, 0.3) is 0 Å². The first-order valence-electron chi connectivity index (χ1n) is 7.20. The number of hydrogen-bond donors (Lipinski definition) is 0. The third kappa shape index (κ3) is 4.93. The van der Waals surface area contributed by atoms with Gasteiger partial charge < -0.3 is 4.74 Å². The summed E-state index contributed by atoms with van der Waals surface area (Å²) in [7, 11) is 0. The van der Waals surface area contributed by atoms with Crippen LogP contribution in [0.1, 0.15) is 45.1 Å². The molecular weight excluding hydrogens is 238 g/mol. The molecule has 0 atom stereocenters. The van der Waals surface area contributed by atoms with Crippen molar-refractivity contribution in [2.24, 2.45) is 0 Å². The zero-order valence-corrected chi connectivity index (χ0v) is 12.3. The van der Waals surface area contributed by atoms with E-state index in [9.17, 15) is 4.79 Å². The molecule has 1 aromatic carbocycles. The van der Waals surface area contributed by atoms with E-state index >= 15 is 0 Å². The highest BCUT2D eigenvalue weighted by Crippen LogP contribution is 2.21. The van der Waals surface area contributed by atoms with E-state index in [1.165, 1.54) is 0 Å². The molecule has 1 amide bonds. The van der Waals surface area contributed by atoms with Gasteiger partial charge in [0, 0.05) is 12.2 Å². The molecule has 0 fully saturated rings. The van der Waals surface area contributed by atoms with Gasteiger partial charge in [-0.25, -0.2) is 4.79 Å². The first-order valence-corrected chi connectivity index (χ1v) is 7.20. The standard InChI is InChI=1S/C16H25NO2/c1-4-6-12-17(16(18)19-13-7-5-2)15-11-9-8-10-14(15)3/h8-11H,4-7,12-13H2,1-3H3. The van der Waals surface area contributed by atoms with Gasteiger partial charge in [-0.15, -0.1) is 0 Å². The largest absolute Gasteiger partial charge is 0.449 e. The van der Waals surface area contributed by atoms with Crippen LogP contribution in [-0.2, 0) is 4.74 Å². The maximum atomic E-state index is 12.2. The second kappa shape index (κ2) is 8.57. The Morgan fingerprint density at radius 1 is 1.16 bits per heavy atom. The van der Waals surface area contributed by atoms with Gasteiger partial charge in [-0.2, -0.15) is 0 Å². The summed E-state index contributed by atoms with van der Waals surface area (Å²) in [5.74, 6) is 0. The van der Waals surface area contributed by atoms with E-state index in [-0.39, 0.29) is 6.09 Å². The van der Waals surface area contributed by atoms with Crippen molar-refractivity contribution in [2.45, 2.75) is 46.5 Å². The number of carbonyl (C=O) groups is 1. The second-order valence-electron chi connectivity index (χ2n) is 4.76. The van der Waals surface area contributed by atoms with Crippen LogP contribution < -0.4 is 4.90 Å². The molecule has 0 aromatic heterocycles. The van der Waals surface area contributed by atoms with Crippen molar-refractivity contribution in [1.29, 1.82) is 0 Å². The molecular formula is C16H25NO2. The van der Waals surface area contributed by atoms with E-state index < -0.39 is 0 Å². The summed E-state index contributed by atoms with van der Waals surface area (Å²) >= 11 is 0. The SMILES string of the molecule is CCCCOC(=O)N(CCCC)c1ccccc1C. The molecule has 3 nitrogen and oxygen atoms in total. The third-order valence-electron chi connectivity index (χ3n) is 3.09. The van der Waals surface area contributed by atoms with Crippen molar-refractivity contribution in [2.75, 3.05) is 18.1 Å². The van der Waals surface area contributed by atoms with Crippen molar-refractivity contribution >= 4 is 11.8 Å². The Kier molecular flexibility index (Phi) is 7.01. The molecule has 0 unspecified atom stereocenters. The number of amides is 1. The molecule has 1 rings (SSSR count). The van der Waals surface area contributed by atoms with Crippen LogP contribution in [0.25, 0.3) is 0 Å². The summed E-state index contributed by atoms with van der Waals surface area (Å²) < 4.78 is 5.34. The van der Waals surface area contributed by atoms with E-state index in [0.29, 0.717) is 13.2 Å². The van der Waals surface area contributed by atoms with E-state index in [2.05, 4.69) is 13.8 Å².